The molecule has 0 fully saturated rings. The summed E-state index contributed by atoms with van der Waals surface area (Å²) in [4.78, 5) is 1.96. The molecule has 1 radical (unpaired) electrons. The third kappa shape index (κ3) is 1.52. The smallest absolute Gasteiger partial charge is 0.227 e. The molecule has 1 heterocycles. The number of aryl methyl sites for hydroxylation is 1. The van der Waals surface area contributed by atoms with Crippen molar-refractivity contribution in [3.05, 3.63) is 48.4 Å². The van der Waals surface area contributed by atoms with E-state index >= 15 is 0 Å². The van der Waals surface area contributed by atoms with E-state index in [0.717, 1.165) is 5.70 Å². The maximum absolute atomic E-state index is 5.09. The van der Waals surface area contributed by atoms with Crippen molar-refractivity contribution < 1.29 is 4.74 Å². The summed E-state index contributed by atoms with van der Waals surface area (Å²) in [7, 11) is 1.97. The third-order valence-corrected chi connectivity index (χ3v) is 2.13. The molecule has 2 heteroatoms. The first-order chi connectivity index (χ1) is 6.27. The molecule has 0 saturated heterocycles. The van der Waals surface area contributed by atoms with Crippen LogP contribution in [0.4, 0.5) is 0 Å². The van der Waals surface area contributed by atoms with Gasteiger partial charge < -0.3 is 9.64 Å². The predicted octanol–water partition coefficient (Wildman–Crippen LogP) is 2.37. The van der Waals surface area contributed by atoms with Crippen LogP contribution in [0.15, 0.2) is 30.5 Å². The Morgan fingerprint density at radius 3 is 2.38 bits per heavy atom. The molecule has 2 rings (SSSR count). The normalized spacial score (nSPS) is 15.5. The van der Waals surface area contributed by atoms with Crippen LogP contribution in [0.1, 0.15) is 11.1 Å². The summed E-state index contributed by atoms with van der Waals surface area (Å²) in [6, 6.07) is 8.39. The average molecular weight is 174 g/mol. The molecule has 0 atom stereocenters. The van der Waals surface area contributed by atoms with Crippen LogP contribution < -0.4 is 0 Å². The van der Waals surface area contributed by atoms with Crippen molar-refractivity contribution in [2.75, 3.05) is 7.05 Å². The van der Waals surface area contributed by atoms with E-state index in [1.807, 2.05) is 11.9 Å². The van der Waals surface area contributed by atoms with Crippen LogP contribution in [0, 0.1) is 13.7 Å². The molecule has 0 unspecified atom stereocenters. The van der Waals surface area contributed by atoms with E-state index in [-0.39, 0.29) is 0 Å². The fraction of sp³-hybridized carbons (Fsp3) is 0.182. The fourth-order valence-corrected chi connectivity index (χ4v) is 1.32. The molecule has 0 bridgehead atoms. The van der Waals surface area contributed by atoms with Gasteiger partial charge in [-0.2, -0.15) is 0 Å². The molecular weight excluding hydrogens is 162 g/mol. The first-order valence-corrected chi connectivity index (χ1v) is 4.26. The van der Waals surface area contributed by atoms with Gasteiger partial charge in [0.05, 0.1) is 5.70 Å². The van der Waals surface area contributed by atoms with Crippen molar-refractivity contribution in [1.29, 1.82) is 0 Å². The highest BCUT2D eigenvalue weighted by molar-refractivity contribution is 5.64. The van der Waals surface area contributed by atoms with Crippen LogP contribution >= 0.6 is 0 Å². The van der Waals surface area contributed by atoms with Crippen LogP contribution in [0.25, 0.3) is 5.70 Å². The van der Waals surface area contributed by atoms with Gasteiger partial charge in [-0.1, -0.05) is 29.8 Å². The largest absolute Gasteiger partial charge is 0.470 e. The lowest BCUT2D eigenvalue weighted by atomic mass is 10.1. The van der Waals surface area contributed by atoms with Crippen LogP contribution in [0.5, 0.6) is 0 Å². The van der Waals surface area contributed by atoms with Gasteiger partial charge in [-0.15, -0.1) is 0 Å². The lowest BCUT2D eigenvalue weighted by molar-refractivity contribution is 0.282. The van der Waals surface area contributed by atoms with Crippen LogP contribution in [-0.2, 0) is 4.74 Å². The Bertz CT molecular complexity index is 326. The Morgan fingerprint density at radius 1 is 1.15 bits per heavy atom. The van der Waals surface area contributed by atoms with Gasteiger partial charge >= 0.3 is 0 Å². The molecule has 0 aliphatic carbocycles. The number of nitrogens with zero attached hydrogens (tertiary/aromatic N) is 1. The molecule has 0 spiro atoms. The first kappa shape index (κ1) is 8.17. The lowest BCUT2D eigenvalue weighted by Gasteiger charge is -2.12. The fourth-order valence-electron chi connectivity index (χ4n) is 1.32. The van der Waals surface area contributed by atoms with Crippen molar-refractivity contribution in [2.24, 2.45) is 0 Å². The predicted molar refractivity (Wildman–Crippen MR) is 52.3 cm³/mol. The summed E-state index contributed by atoms with van der Waals surface area (Å²) in [5, 5.41) is 0. The number of benzene rings is 1. The molecular formula is C11H12NO. The Labute approximate surface area is 78.4 Å². The molecule has 1 aliphatic rings. The number of hydrogen-bond donors (Lipinski definition) is 0. The second-order valence-corrected chi connectivity index (χ2v) is 3.22. The molecule has 1 aromatic rings. The zero-order chi connectivity index (χ0) is 9.26. The monoisotopic (exact) mass is 174 g/mol. The molecule has 0 N–H and O–H groups in total. The van der Waals surface area contributed by atoms with Crippen molar-refractivity contribution in [3.63, 3.8) is 0 Å². The van der Waals surface area contributed by atoms with E-state index in [1.54, 1.807) is 13.0 Å². The SMILES string of the molecule is Cc1ccc(C2=CO[CH]N2C)cc1. The van der Waals surface area contributed by atoms with Gasteiger partial charge in [0.2, 0.25) is 6.73 Å². The van der Waals surface area contributed by atoms with E-state index in [2.05, 4.69) is 31.2 Å². The summed E-state index contributed by atoms with van der Waals surface area (Å²) in [6.45, 7) is 3.77. The van der Waals surface area contributed by atoms with Crippen molar-refractivity contribution in [1.82, 2.24) is 4.90 Å². The summed E-state index contributed by atoms with van der Waals surface area (Å²) in [5.41, 5.74) is 3.55. The highest BCUT2D eigenvalue weighted by Crippen LogP contribution is 2.24. The van der Waals surface area contributed by atoms with Crippen LogP contribution in [-0.4, -0.2) is 11.9 Å². The third-order valence-electron chi connectivity index (χ3n) is 2.13. The lowest BCUT2D eigenvalue weighted by Crippen LogP contribution is -2.07. The van der Waals surface area contributed by atoms with Gasteiger partial charge in [-0.05, 0) is 6.92 Å². The topological polar surface area (TPSA) is 12.5 Å². The second kappa shape index (κ2) is 3.13. The zero-order valence-corrected chi connectivity index (χ0v) is 7.82. The second-order valence-electron chi connectivity index (χ2n) is 3.22. The molecule has 0 saturated carbocycles. The average Bonchev–Trinajstić information content (AvgIpc) is 2.53. The number of hydrogen-bond acceptors (Lipinski definition) is 2. The van der Waals surface area contributed by atoms with Gasteiger partial charge in [0, 0.05) is 12.6 Å². The summed E-state index contributed by atoms with van der Waals surface area (Å²) in [6.07, 6.45) is 1.75. The molecule has 13 heavy (non-hydrogen) atoms. The molecule has 67 valence electrons. The van der Waals surface area contributed by atoms with Crippen molar-refractivity contribution in [2.45, 2.75) is 6.92 Å². The molecule has 1 aliphatic heterocycles. The Hall–Kier alpha value is -1.44. The summed E-state index contributed by atoms with van der Waals surface area (Å²) >= 11 is 0. The minimum atomic E-state index is 1.10. The minimum Gasteiger partial charge on any atom is -0.470 e. The molecule has 0 aromatic heterocycles. The van der Waals surface area contributed by atoms with E-state index in [9.17, 15) is 0 Å². The number of rotatable bonds is 1. The number of ether oxygens (including phenoxy) is 1. The van der Waals surface area contributed by atoms with Gasteiger partial charge in [0.15, 0.2) is 0 Å². The maximum atomic E-state index is 5.09. The van der Waals surface area contributed by atoms with Crippen molar-refractivity contribution >= 4 is 5.70 Å². The molecule has 1 aromatic carbocycles. The van der Waals surface area contributed by atoms with Gasteiger partial charge in [-0.3, -0.25) is 0 Å². The van der Waals surface area contributed by atoms with Gasteiger partial charge in [-0.25, -0.2) is 0 Å². The summed E-state index contributed by atoms with van der Waals surface area (Å²) < 4.78 is 5.09. The Kier molecular flexibility index (Phi) is 1.97. The minimum absolute atomic E-state index is 1.10. The quantitative estimate of drug-likeness (QED) is 0.648. The first-order valence-electron chi connectivity index (χ1n) is 4.26. The maximum Gasteiger partial charge on any atom is 0.227 e. The Morgan fingerprint density at radius 2 is 1.85 bits per heavy atom. The van der Waals surface area contributed by atoms with E-state index in [1.165, 1.54) is 11.1 Å². The van der Waals surface area contributed by atoms with Crippen LogP contribution in [0.3, 0.4) is 0 Å². The summed E-state index contributed by atoms with van der Waals surface area (Å²) in [5.74, 6) is 0. The van der Waals surface area contributed by atoms with E-state index in [0.29, 0.717) is 0 Å². The highest BCUT2D eigenvalue weighted by Gasteiger charge is 2.13. The van der Waals surface area contributed by atoms with Gasteiger partial charge in [0.1, 0.15) is 6.26 Å². The molecule has 2 nitrogen and oxygen atoms in total. The highest BCUT2D eigenvalue weighted by atomic mass is 16.5. The standard InChI is InChI=1S/C11H12NO/c1-9-3-5-10(6-4-9)11-7-13-8-12(11)2/h3-8H,1-2H3. The Balaban J connectivity index is 2.30. The molecule has 0 amide bonds. The van der Waals surface area contributed by atoms with E-state index in [4.69, 9.17) is 4.74 Å². The van der Waals surface area contributed by atoms with Crippen molar-refractivity contribution in [3.8, 4) is 0 Å². The van der Waals surface area contributed by atoms with E-state index < -0.39 is 0 Å². The zero-order valence-electron chi connectivity index (χ0n) is 7.82. The van der Waals surface area contributed by atoms with Gasteiger partial charge in [0.25, 0.3) is 0 Å². The van der Waals surface area contributed by atoms with Crippen LogP contribution in [0.2, 0.25) is 0 Å².